The van der Waals surface area contributed by atoms with Gasteiger partial charge in [0.05, 0.1) is 0 Å². The van der Waals surface area contributed by atoms with Crippen LogP contribution in [0.25, 0.3) is 21.9 Å². The molecule has 19 heavy (non-hydrogen) atoms. The molecule has 92 valence electrons. The van der Waals surface area contributed by atoms with Crippen molar-refractivity contribution in [2.24, 2.45) is 5.73 Å². The van der Waals surface area contributed by atoms with E-state index in [0.29, 0.717) is 5.56 Å². The number of carbonyl (C=O) groups is 1. The van der Waals surface area contributed by atoms with E-state index in [0.717, 1.165) is 21.9 Å². The van der Waals surface area contributed by atoms with Crippen LogP contribution in [0.15, 0.2) is 60.9 Å². The number of pyridine rings is 1. The van der Waals surface area contributed by atoms with Crippen LogP contribution in [-0.2, 0) is 0 Å². The van der Waals surface area contributed by atoms with E-state index in [1.807, 2.05) is 42.5 Å². The van der Waals surface area contributed by atoms with Gasteiger partial charge in [-0.15, -0.1) is 0 Å². The monoisotopic (exact) mass is 248 g/mol. The van der Waals surface area contributed by atoms with Crippen molar-refractivity contribution in [3.05, 3.63) is 66.5 Å². The van der Waals surface area contributed by atoms with Crippen LogP contribution in [0.4, 0.5) is 0 Å². The molecule has 0 spiro atoms. The average molecular weight is 248 g/mol. The maximum absolute atomic E-state index is 11.5. The largest absolute Gasteiger partial charge is 0.366 e. The number of nitrogens with zero attached hydrogens (tertiary/aromatic N) is 1. The molecule has 0 unspecified atom stereocenters. The Balaban J connectivity index is 2.34. The van der Waals surface area contributed by atoms with Crippen molar-refractivity contribution < 1.29 is 4.79 Å². The second-order valence-corrected chi connectivity index (χ2v) is 4.31. The van der Waals surface area contributed by atoms with Crippen LogP contribution in [0.2, 0.25) is 0 Å². The number of hydrogen-bond donors (Lipinski definition) is 1. The minimum absolute atomic E-state index is 0.405. The van der Waals surface area contributed by atoms with Gasteiger partial charge in [0.15, 0.2) is 0 Å². The maximum atomic E-state index is 11.5. The zero-order valence-corrected chi connectivity index (χ0v) is 10.2. The van der Waals surface area contributed by atoms with Gasteiger partial charge in [0, 0.05) is 18.0 Å². The summed E-state index contributed by atoms with van der Waals surface area (Å²) in [4.78, 5) is 15.5. The molecule has 0 aliphatic heterocycles. The molecule has 0 aliphatic carbocycles. The second kappa shape index (κ2) is 4.53. The molecule has 1 amide bonds. The molecular formula is C16H12N2O. The Kier molecular flexibility index (Phi) is 2.72. The summed E-state index contributed by atoms with van der Waals surface area (Å²) in [6, 6.07) is 15.4. The molecule has 0 radical (unpaired) electrons. The van der Waals surface area contributed by atoms with Crippen LogP contribution in [0.1, 0.15) is 10.4 Å². The van der Waals surface area contributed by atoms with Gasteiger partial charge in [-0.2, -0.15) is 0 Å². The van der Waals surface area contributed by atoms with Gasteiger partial charge < -0.3 is 5.73 Å². The molecule has 1 aromatic heterocycles. The third kappa shape index (κ3) is 1.95. The Morgan fingerprint density at radius 2 is 1.58 bits per heavy atom. The number of carbonyl (C=O) groups excluding carboxylic acids is 1. The summed E-state index contributed by atoms with van der Waals surface area (Å²) in [5, 5.41) is 1.90. The number of hydrogen-bond acceptors (Lipinski definition) is 2. The fraction of sp³-hybridized carbons (Fsp3) is 0. The summed E-state index contributed by atoms with van der Waals surface area (Å²) in [5.41, 5.74) is 8.11. The van der Waals surface area contributed by atoms with Crippen molar-refractivity contribution >= 4 is 16.7 Å². The topological polar surface area (TPSA) is 56.0 Å². The quantitative estimate of drug-likeness (QED) is 0.758. The highest BCUT2D eigenvalue weighted by Crippen LogP contribution is 2.29. The molecule has 3 rings (SSSR count). The molecule has 2 aromatic carbocycles. The van der Waals surface area contributed by atoms with Crippen LogP contribution >= 0.6 is 0 Å². The van der Waals surface area contributed by atoms with Crippen LogP contribution < -0.4 is 5.73 Å². The summed E-state index contributed by atoms with van der Waals surface area (Å²) in [7, 11) is 0. The van der Waals surface area contributed by atoms with Crippen LogP contribution in [-0.4, -0.2) is 10.9 Å². The molecule has 2 N–H and O–H groups in total. The number of primary amides is 1. The van der Waals surface area contributed by atoms with E-state index < -0.39 is 5.91 Å². The second-order valence-electron chi connectivity index (χ2n) is 4.31. The predicted molar refractivity (Wildman–Crippen MR) is 75.7 cm³/mol. The summed E-state index contributed by atoms with van der Waals surface area (Å²) >= 11 is 0. The molecule has 0 aliphatic rings. The first-order chi connectivity index (χ1) is 9.27. The predicted octanol–water partition coefficient (Wildman–Crippen LogP) is 3.00. The molecule has 0 saturated heterocycles. The van der Waals surface area contributed by atoms with Gasteiger partial charge in [0.25, 0.3) is 0 Å². The van der Waals surface area contributed by atoms with Gasteiger partial charge in [-0.25, -0.2) is 0 Å². The molecule has 0 saturated carbocycles. The Hall–Kier alpha value is -2.68. The zero-order valence-electron chi connectivity index (χ0n) is 10.2. The van der Waals surface area contributed by atoms with E-state index >= 15 is 0 Å². The van der Waals surface area contributed by atoms with Crippen LogP contribution in [0, 0.1) is 0 Å². The third-order valence-corrected chi connectivity index (χ3v) is 3.18. The smallest absolute Gasteiger partial charge is 0.249 e. The minimum Gasteiger partial charge on any atom is -0.366 e. The summed E-state index contributed by atoms with van der Waals surface area (Å²) in [5.74, 6) is -0.405. The highest BCUT2D eigenvalue weighted by atomic mass is 16.1. The van der Waals surface area contributed by atoms with Crippen molar-refractivity contribution in [2.45, 2.75) is 0 Å². The molecule has 3 aromatic rings. The lowest BCUT2D eigenvalue weighted by Gasteiger charge is -2.08. The Morgan fingerprint density at radius 3 is 2.32 bits per heavy atom. The number of benzene rings is 2. The first-order valence-corrected chi connectivity index (χ1v) is 5.99. The molecule has 3 heteroatoms. The van der Waals surface area contributed by atoms with Gasteiger partial charge in [-0.05, 0) is 40.1 Å². The van der Waals surface area contributed by atoms with Crippen LogP contribution in [0.5, 0.6) is 0 Å². The van der Waals surface area contributed by atoms with Gasteiger partial charge in [0.1, 0.15) is 0 Å². The van der Waals surface area contributed by atoms with E-state index in [4.69, 9.17) is 5.73 Å². The van der Waals surface area contributed by atoms with Gasteiger partial charge >= 0.3 is 0 Å². The van der Waals surface area contributed by atoms with Crippen molar-refractivity contribution in [3.63, 3.8) is 0 Å². The number of amides is 1. The fourth-order valence-corrected chi connectivity index (χ4v) is 2.31. The maximum Gasteiger partial charge on any atom is 0.249 e. The Bertz CT molecular complexity index is 751. The first-order valence-electron chi connectivity index (χ1n) is 5.99. The van der Waals surface area contributed by atoms with Crippen molar-refractivity contribution in [1.29, 1.82) is 0 Å². The van der Waals surface area contributed by atoms with Crippen molar-refractivity contribution in [2.75, 3.05) is 0 Å². The molecule has 0 bridgehead atoms. The first kappa shape index (κ1) is 11.4. The molecular weight excluding hydrogens is 236 g/mol. The highest BCUT2D eigenvalue weighted by molar-refractivity contribution is 6.09. The van der Waals surface area contributed by atoms with E-state index in [2.05, 4.69) is 4.98 Å². The SMILES string of the molecule is NC(=O)c1cccc2c(-c3ccncc3)cccc12. The van der Waals surface area contributed by atoms with E-state index in [-0.39, 0.29) is 0 Å². The minimum atomic E-state index is -0.405. The van der Waals surface area contributed by atoms with Gasteiger partial charge in [-0.3, -0.25) is 9.78 Å². The summed E-state index contributed by atoms with van der Waals surface area (Å²) in [6.07, 6.45) is 3.51. The Morgan fingerprint density at radius 1 is 0.895 bits per heavy atom. The lowest BCUT2D eigenvalue weighted by atomic mass is 9.96. The molecule has 0 fully saturated rings. The number of aromatic nitrogens is 1. The van der Waals surface area contributed by atoms with Crippen molar-refractivity contribution in [1.82, 2.24) is 4.98 Å². The summed E-state index contributed by atoms with van der Waals surface area (Å²) < 4.78 is 0. The lowest BCUT2D eigenvalue weighted by molar-refractivity contribution is 0.100. The lowest BCUT2D eigenvalue weighted by Crippen LogP contribution is -2.11. The standard InChI is InChI=1S/C16H12N2O/c17-16(19)15-6-2-4-13-12(3-1-5-14(13)15)11-7-9-18-10-8-11/h1-10H,(H2,17,19). The number of nitrogens with two attached hydrogens (primary N) is 1. The molecule has 1 heterocycles. The van der Waals surface area contributed by atoms with E-state index in [1.54, 1.807) is 18.5 Å². The number of rotatable bonds is 2. The van der Waals surface area contributed by atoms with Crippen molar-refractivity contribution in [3.8, 4) is 11.1 Å². The zero-order chi connectivity index (χ0) is 13.2. The fourth-order valence-electron chi connectivity index (χ4n) is 2.31. The van der Waals surface area contributed by atoms with Gasteiger partial charge in [-0.1, -0.05) is 30.3 Å². The van der Waals surface area contributed by atoms with Crippen LogP contribution in [0.3, 0.4) is 0 Å². The molecule has 3 nitrogen and oxygen atoms in total. The Labute approximate surface area is 110 Å². The average Bonchev–Trinajstić information content (AvgIpc) is 2.46. The molecule has 0 atom stereocenters. The van der Waals surface area contributed by atoms with Gasteiger partial charge in [0.2, 0.25) is 5.91 Å². The number of fused-ring (bicyclic) bond motifs is 1. The third-order valence-electron chi connectivity index (χ3n) is 3.18. The van der Waals surface area contributed by atoms with E-state index in [1.165, 1.54) is 0 Å². The summed E-state index contributed by atoms with van der Waals surface area (Å²) in [6.45, 7) is 0. The highest BCUT2D eigenvalue weighted by Gasteiger charge is 2.09. The normalized spacial score (nSPS) is 10.5. The van der Waals surface area contributed by atoms with E-state index in [9.17, 15) is 4.79 Å².